The summed E-state index contributed by atoms with van der Waals surface area (Å²) in [7, 11) is 0. The van der Waals surface area contributed by atoms with E-state index in [-0.39, 0.29) is 5.91 Å². The smallest absolute Gasteiger partial charge is 0.255 e. The predicted octanol–water partition coefficient (Wildman–Crippen LogP) is 4.28. The fourth-order valence-electron chi connectivity index (χ4n) is 2.82. The molecule has 2 aromatic heterocycles. The number of hydrogen-bond donors (Lipinski definition) is 2. The number of anilines is 3. The van der Waals surface area contributed by atoms with Crippen molar-refractivity contribution in [1.29, 1.82) is 0 Å². The quantitative estimate of drug-likeness (QED) is 0.537. The maximum atomic E-state index is 12.5. The van der Waals surface area contributed by atoms with Crippen LogP contribution in [0.4, 0.5) is 17.2 Å². The number of amides is 1. The van der Waals surface area contributed by atoms with E-state index in [1.165, 1.54) is 6.33 Å². The molecule has 0 atom stereocenters. The number of benzene rings is 2. The number of carbonyl (C=O) groups excluding carboxylic acids is 1. The highest BCUT2D eigenvalue weighted by molar-refractivity contribution is 6.04. The van der Waals surface area contributed by atoms with E-state index in [0.717, 1.165) is 28.3 Å². The van der Waals surface area contributed by atoms with Crippen LogP contribution in [-0.2, 0) is 0 Å². The van der Waals surface area contributed by atoms with Gasteiger partial charge in [-0.2, -0.15) is 0 Å². The Morgan fingerprint density at radius 1 is 0.931 bits per heavy atom. The molecule has 29 heavy (non-hydrogen) atoms. The summed E-state index contributed by atoms with van der Waals surface area (Å²) in [4.78, 5) is 25.0. The molecular weight excluding hydrogens is 364 g/mol. The fraction of sp³-hybridized carbons (Fsp3) is 0.0909. The lowest BCUT2D eigenvalue weighted by atomic mass is 10.1. The van der Waals surface area contributed by atoms with Gasteiger partial charge in [0.2, 0.25) is 0 Å². The molecule has 7 nitrogen and oxygen atoms in total. The molecule has 0 bridgehead atoms. The summed E-state index contributed by atoms with van der Waals surface area (Å²) in [6.45, 7) is 4.02. The summed E-state index contributed by atoms with van der Waals surface area (Å²) in [6, 6.07) is 15.0. The predicted molar refractivity (Wildman–Crippen MR) is 113 cm³/mol. The number of nitrogens with zero attached hydrogens (tertiary/aromatic N) is 4. The molecule has 0 unspecified atom stereocenters. The number of rotatable bonds is 5. The van der Waals surface area contributed by atoms with Crippen LogP contribution in [0.1, 0.15) is 21.5 Å². The first-order chi connectivity index (χ1) is 14.1. The molecule has 2 heterocycles. The first-order valence-corrected chi connectivity index (χ1v) is 9.14. The Labute approximate surface area is 168 Å². The molecule has 2 N–H and O–H groups in total. The Morgan fingerprint density at radius 2 is 1.72 bits per heavy atom. The summed E-state index contributed by atoms with van der Waals surface area (Å²) >= 11 is 0. The fourth-order valence-corrected chi connectivity index (χ4v) is 2.82. The SMILES string of the molecule is Cc1ccc(C(=O)Nc2ccc(Nc3cc(-n4ccnc4)ncn3)cc2)cc1C. The molecule has 144 valence electrons. The lowest BCUT2D eigenvalue weighted by Crippen LogP contribution is -2.12. The van der Waals surface area contributed by atoms with Crippen LogP contribution in [0, 0.1) is 13.8 Å². The number of nitrogens with one attached hydrogen (secondary N) is 2. The number of aromatic nitrogens is 4. The monoisotopic (exact) mass is 384 g/mol. The van der Waals surface area contributed by atoms with E-state index in [1.54, 1.807) is 17.1 Å². The van der Waals surface area contributed by atoms with Crippen LogP contribution < -0.4 is 10.6 Å². The average molecular weight is 384 g/mol. The maximum absolute atomic E-state index is 12.5. The summed E-state index contributed by atoms with van der Waals surface area (Å²) in [5.41, 5.74) is 4.48. The van der Waals surface area contributed by atoms with Crippen molar-refractivity contribution in [1.82, 2.24) is 19.5 Å². The van der Waals surface area contributed by atoms with Crippen molar-refractivity contribution in [3.8, 4) is 5.82 Å². The van der Waals surface area contributed by atoms with Gasteiger partial charge in [-0.05, 0) is 61.4 Å². The Hall–Kier alpha value is -4.00. The minimum absolute atomic E-state index is 0.130. The molecule has 4 rings (SSSR count). The van der Waals surface area contributed by atoms with Gasteiger partial charge in [-0.25, -0.2) is 15.0 Å². The minimum Gasteiger partial charge on any atom is -0.340 e. The van der Waals surface area contributed by atoms with Crippen molar-refractivity contribution in [2.45, 2.75) is 13.8 Å². The third kappa shape index (κ3) is 4.30. The summed E-state index contributed by atoms with van der Waals surface area (Å²) in [6.07, 6.45) is 6.69. The van der Waals surface area contributed by atoms with Gasteiger partial charge in [-0.15, -0.1) is 0 Å². The van der Waals surface area contributed by atoms with Crippen LogP contribution in [0.3, 0.4) is 0 Å². The number of aryl methyl sites for hydroxylation is 2. The van der Waals surface area contributed by atoms with Gasteiger partial charge < -0.3 is 10.6 Å². The number of imidazole rings is 1. The molecule has 4 aromatic rings. The van der Waals surface area contributed by atoms with Gasteiger partial charge in [0.05, 0.1) is 0 Å². The summed E-state index contributed by atoms with van der Waals surface area (Å²) in [5, 5.41) is 6.16. The number of carbonyl (C=O) groups is 1. The van der Waals surface area contributed by atoms with Gasteiger partial charge in [0.25, 0.3) is 5.91 Å². The van der Waals surface area contributed by atoms with Crippen LogP contribution in [0.2, 0.25) is 0 Å². The van der Waals surface area contributed by atoms with Gasteiger partial charge in [0.15, 0.2) is 0 Å². The van der Waals surface area contributed by atoms with E-state index < -0.39 is 0 Å². The zero-order chi connectivity index (χ0) is 20.2. The van der Waals surface area contributed by atoms with Crippen LogP contribution in [-0.4, -0.2) is 25.4 Å². The second kappa shape index (κ2) is 7.93. The van der Waals surface area contributed by atoms with Crippen molar-refractivity contribution < 1.29 is 4.79 Å². The van der Waals surface area contributed by atoms with E-state index in [9.17, 15) is 4.79 Å². The second-order valence-electron chi connectivity index (χ2n) is 6.69. The highest BCUT2D eigenvalue weighted by Crippen LogP contribution is 2.19. The molecule has 0 aliphatic carbocycles. The highest BCUT2D eigenvalue weighted by atomic mass is 16.1. The average Bonchev–Trinajstić information content (AvgIpc) is 3.27. The Kier molecular flexibility index (Phi) is 5.03. The first kappa shape index (κ1) is 18.4. The van der Waals surface area contributed by atoms with Gasteiger partial charge in [0.1, 0.15) is 24.3 Å². The van der Waals surface area contributed by atoms with E-state index in [1.807, 2.05) is 68.6 Å². The number of hydrogen-bond acceptors (Lipinski definition) is 5. The molecule has 7 heteroatoms. The Bertz CT molecular complexity index is 1140. The third-order valence-electron chi connectivity index (χ3n) is 4.61. The zero-order valence-corrected chi connectivity index (χ0v) is 16.1. The molecule has 0 aliphatic rings. The Morgan fingerprint density at radius 3 is 2.45 bits per heavy atom. The van der Waals surface area contributed by atoms with Crippen LogP contribution in [0.5, 0.6) is 0 Å². The van der Waals surface area contributed by atoms with Crippen molar-refractivity contribution in [3.63, 3.8) is 0 Å². The van der Waals surface area contributed by atoms with E-state index in [4.69, 9.17) is 0 Å². The van der Waals surface area contributed by atoms with Gasteiger partial charge in [0, 0.05) is 35.4 Å². The standard InChI is InChI=1S/C22H20N6O/c1-15-3-4-17(11-16(15)2)22(29)27-19-7-5-18(6-8-19)26-20-12-21(25-13-24-20)28-10-9-23-14-28/h3-14H,1-2H3,(H,27,29)(H,24,25,26). The van der Waals surface area contributed by atoms with E-state index >= 15 is 0 Å². The van der Waals surface area contributed by atoms with Gasteiger partial charge in [-0.3, -0.25) is 9.36 Å². The molecule has 0 saturated heterocycles. The van der Waals surface area contributed by atoms with Crippen LogP contribution >= 0.6 is 0 Å². The van der Waals surface area contributed by atoms with Gasteiger partial charge in [-0.1, -0.05) is 6.07 Å². The second-order valence-corrected chi connectivity index (χ2v) is 6.69. The van der Waals surface area contributed by atoms with Crippen molar-refractivity contribution in [3.05, 3.63) is 90.3 Å². The lowest BCUT2D eigenvalue weighted by molar-refractivity contribution is 0.102. The highest BCUT2D eigenvalue weighted by Gasteiger charge is 2.07. The van der Waals surface area contributed by atoms with Gasteiger partial charge >= 0.3 is 0 Å². The molecule has 2 aromatic carbocycles. The molecule has 1 amide bonds. The van der Waals surface area contributed by atoms with Crippen molar-refractivity contribution in [2.24, 2.45) is 0 Å². The third-order valence-corrected chi connectivity index (χ3v) is 4.61. The van der Waals surface area contributed by atoms with E-state index in [2.05, 4.69) is 25.6 Å². The molecule has 0 saturated carbocycles. The molecular formula is C22H20N6O. The molecule has 0 fully saturated rings. The normalized spacial score (nSPS) is 10.6. The topological polar surface area (TPSA) is 84.7 Å². The molecule has 0 aliphatic heterocycles. The van der Waals surface area contributed by atoms with E-state index in [0.29, 0.717) is 11.4 Å². The zero-order valence-electron chi connectivity index (χ0n) is 16.1. The van der Waals surface area contributed by atoms with Crippen molar-refractivity contribution >= 4 is 23.1 Å². The molecule has 0 radical (unpaired) electrons. The largest absolute Gasteiger partial charge is 0.340 e. The summed E-state index contributed by atoms with van der Waals surface area (Å²) in [5.74, 6) is 1.25. The molecule has 0 spiro atoms. The first-order valence-electron chi connectivity index (χ1n) is 9.14. The van der Waals surface area contributed by atoms with Crippen molar-refractivity contribution in [2.75, 3.05) is 10.6 Å². The van der Waals surface area contributed by atoms with Crippen LogP contribution in [0.15, 0.2) is 73.6 Å². The summed E-state index contributed by atoms with van der Waals surface area (Å²) < 4.78 is 1.80. The maximum Gasteiger partial charge on any atom is 0.255 e. The Balaban J connectivity index is 1.43. The minimum atomic E-state index is -0.130. The van der Waals surface area contributed by atoms with Crippen LogP contribution in [0.25, 0.3) is 5.82 Å². The lowest BCUT2D eigenvalue weighted by Gasteiger charge is -2.10.